The van der Waals surface area contributed by atoms with Crippen LogP contribution in [0.4, 0.5) is 0 Å². The quantitative estimate of drug-likeness (QED) is 0.762. The van der Waals surface area contributed by atoms with Crippen molar-refractivity contribution in [2.45, 2.75) is 18.4 Å². The molecule has 2 heteroatoms. The number of nitrogens with zero attached hydrogens (tertiary/aromatic N) is 1. The van der Waals surface area contributed by atoms with Crippen LogP contribution in [0.25, 0.3) is 10.8 Å². The van der Waals surface area contributed by atoms with E-state index in [0.717, 1.165) is 6.54 Å². The molecule has 1 fully saturated rings. The van der Waals surface area contributed by atoms with Crippen LogP contribution < -0.4 is 5.32 Å². The molecule has 0 spiro atoms. The molecule has 1 N–H and O–H groups in total. The van der Waals surface area contributed by atoms with Gasteiger partial charge in [0.1, 0.15) is 0 Å². The highest BCUT2D eigenvalue weighted by molar-refractivity contribution is 5.85. The number of fused-ring (bicyclic) bond motifs is 1. The fraction of sp³-hybridized carbons (Fsp3) is 0.211. The fourth-order valence-corrected chi connectivity index (χ4v) is 3.48. The third-order valence-corrected chi connectivity index (χ3v) is 4.48. The standard InChI is InChI=1S/C19H18N2/c1-2-6-14(7-3-1)17-10-11-21-19(17)18-13-20-12-15-8-4-5-9-16(15)18/h1-9,12-13,17,19,21H,10-11H2. The largest absolute Gasteiger partial charge is 0.309 e. The van der Waals surface area contributed by atoms with Crippen molar-refractivity contribution in [1.82, 2.24) is 10.3 Å². The van der Waals surface area contributed by atoms with Crippen LogP contribution in [0, 0.1) is 0 Å². The second-order valence-electron chi connectivity index (χ2n) is 5.69. The number of nitrogens with one attached hydrogen (secondary N) is 1. The van der Waals surface area contributed by atoms with Crippen molar-refractivity contribution < 1.29 is 0 Å². The second-order valence-corrected chi connectivity index (χ2v) is 5.69. The summed E-state index contributed by atoms with van der Waals surface area (Å²) < 4.78 is 0. The first-order chi connectivity index (χ1) is 10.4. The zero-order chi connectivity index (χ0) is 14.1. The Labute approximate surface area is 124 Å². The van der Waals surface area contributed by atoms with E-state index in [1.54, 1.807) is 0 Å². The molecule has 1 saturated heterocycles. The zero-order valence-corrected chi connectivity index (χ0v) is 11.9. The SMILES string of the molecule is c1ccc(C2CCNC2c2cncc3ccccc23)cc1. The lowest BCUT2D eigenvalue weighted by Gasteiger charge is -2.21. The van der Waals surface area contributed by atoms with Crippen molar-refractivity contribution >= 4 is 10.8 Å². The van der Waals surface area contributed by atoms with Crippen molar-refractivity contribution in [3.8, 4) is 0 Å². The molecule has 2 atom stereocenters. The van der Waals surface area contributed by atoms with Gasteiger partial charge in [-0.25, -0.2) is 0 Å². The average molecular weight is 274 g/mol. The number of rotatable bonds is 2. The number of aromatic nitrogens is 1. The van der Waals surface area contributed by atoms with Gasteiger partial charge in [-0.2, -0.15) is 0 Å². The minimum atomic E-state index is 0.353. The number of hydrogen-bond acceptors (Lipinski definition) is 2. The predicted octanol–water partition coefficient (Wildman–Crippen LogP) is 4.05. The molecule has 1 aromatic heterocycles. The van der Waals surface area contributed by atoms with Crippen molar-refractivity contribution in [2.75, 3.05) is 6.54 Å². The molecule has 3 aromatic rings. The van der Waals surface area contributed by atoms with Crippen LogP contribution in [0.15, 0.2) is 67.0 Å². The Hall–Kier alpha value is -2.19. The third kappa shape index (κ3) is 2.22. The molecule has 2 unspecified atom stereocenters. The molecule has 104 valence electrons. The van der Waals surface area contributed by atoms with Gasteiger partial charge in [0.25, 0.3) is 0 Å². The van der Waals surface area contributed by atoms with E-state index in [2.05, 4.69) is 64.9 Å². The highest BCUT2D eigenvalue weighted by Gasteiger charge is 2.30. The summed E-state index contributed by atoms with van der Waals surface area (Å²) in [6.07, 6.45) is 5.16. The van der Waals surface area contributed by atoms with Gasteiger partial charge < -0.3 is 5.32 Å². The van der Waals surface area contributed by atoms with E-state index in [1.807, 2.05) is 12.4 Å². The first-order valence-electron chi connectivity index (χ1n) is 7.54. The molecule has 1 aliphatic heterocycles. The van der Waals surface area contributed by atoms with E-state index >= 15 is 0 Å². The van der Waals surface area contributed by atoms with Crippen LogP contribution >= 0.6 is 0 Å². The second kappa shape index (κ2) is 5.30. The van der Waals surface area contributed by atoms with Crippen LogP contribution in [-0.2, 0) is 0 Å². The van der Waals surface area contributed by atoms with Crippen molar-refractivity contribution in [2.24, 2.45) is 0 Å². The van der Waals surface area contributed by atoms with Gasteiger partial charge in [-0.3, -0.25) is 4.98 Å². The summed E-state index contributed by atoms with van der Waals surface area (Å²) in [7, 11) is 0. The van der Waals surface area contributed by atoms with E-state index < -0.39 is 0 Å². The number of pyridine rings is 1. The smallest absolute Gasteiger partial charge is 0.0411 e. The molecule has 21 heavy (non-hydrogen) atoms. The molecule has 0 saturated carbocycles. The summed E-state index contributed by atoms with van der Waals surface area (Å²) in [5.41, 5.74) is 2.74. The monoisotopic (exact) mass is 274 g/mol. The lowest BCUT2D eigenvalue weighted by Crippen LogP contribution is -2.17. The molecule has 2 nitrogen and oxygen atoms in total. The van der Waals surface area contributed by atoms with Crippen LogP contribution in [0.5, 0.6) is 0 Å². The fourth-order valence-electron chi connectivity index (χ4n) is 3.48. The predicted molar refractivity (Wildman–Crippen MR) is 86.3 cm³/mol. The molecule has 2 heterocycles. The van der Waals surface area contributed by atoms with E-state index in [0.29, 0.717) is 12.0 Å². The molecular formula is C19H18N2. The summed E-state index contributed by atoms with van der Waals surface area (Å²) in [6, 6.07) is 19.7. The van der Waals surface area contributed by atoms with Crippen LogP contribution in [-0.4, -0.2) is 11.5 Å². The summed E-state index contributed by atoms with van der Waals surface area (Å²) >= 11 is 0. The summed E-state index contributed by atoms with van der Waals surface area (Å²) in [6.45, 7) is 1.06. The molecule has 4 rings (SSSR count). The van der Waals surface area contributed by atoms with Gasteiger partial charge >= 0.3 is 0 Å². The maximum absolute atomic E-state index is 4.45. The van der Waals surface area contributed by atoms with Gasteiger partial charge in [0, 0.05) is 29.7 Å². The zero-order valence-electron chi connectivity index (χ0n) is 11.9. The lowest BCUT2D eigenvalue weighted by atomic mass is 9.87. The highest BCUT2D eigenvalue weighted by atomic mass is 15.0. The Bertz CT molecular complexity index is 746. The third-order valence-electron chi connectivity index (χ3n) is 4.48. The van der Waals surface area contributed by atoms with Crippen molar-refractivity contribution in [3.05, 3.63) is 78.1 Å². The van der Waals surface area contributed by atoms with Gasteiger partial charge in [0.2, 0.25) is 0 Å². The Kier molecular flexibility index (Phi) is 3.17. The van der Waals surface area contributed by atoms with E-state index in [4.69, 9.17) is 0 Å². The molecule has 2 aromatic carbocycles. The van der Waals surface area contributed by atoms with Crippen molar-refractivity contribution in [1.29, 1.82) is 0 Å². The maximum atomic E-state index is 4.45. The Morgan fingerprint density at radius 3 is 2.62 bits per heavy atom. The summed E-state index contributed by atoms with van der Waals surface area (Å²) in [4.78, 5) is 4.45. The average Bonchev–Trinajstić information content (AvgIpc) is 3.04. The van der Waals surface area contributed by atoms with Crippen molar-refractivity contribution in [3.63, 3.8) is 0 Å². The molecular weight excluding hydrogens is 256 g/mol. The summed E-state index contributed by atoms with van der Waals surface area (Å²) in [5.74, 6) is 0.527. The van der Waals surface area contributed by atoms with Gasteiger partial charge in [-0.1, -0.05) is 54.6 Å². The minimum absolute atomic E-state index is 0.353. The van der Waals surface area contributed by atoms with Gasteiger partial charge in [-0.15, -0.1) is 0 Å². The molecule has 1 aliphatic rings. The minimum Gasteiger partial charge on any atom is -0.309 e. The highest BCUT2D eigenvalue weighted by Crippen LogP contribution is 2.39. The molecule has 0 radical (unpaired) electrons. The number of hydrogen-bond donors (Lipinski definition) is 1. The Balaban J connectivity index is 1.81. The Morgan fingerprint density at radius 2 is 1.71 bits per heavy atom. The Morgan fingerprint density at radius 1 is 0.905 bits per heavy atom. The van der Waals surface area contributed by atoms with Crippen LogP contribution in [0.3, 0.4) is 0 Å². The van der Waals surface area contributed by atoms with Crippen LogP contribution in [0.2, 0.25) is 0 Å². The van der Waals surface area contributed by atoms with Crippen LogP contribution in [0.1, 0.15) is 29.5 Å². The lowest BCUT2D eigenvalue weighted by molar-refractivity contribution is 0.580. The first-order valence-corrected chi connectivity index (χ1v) is 7.54. The van der Waals surface area contributed by atoms with Gasteiger partial charge in [0.15, 0.2) is 0 Å². The number of benzene rings is 2. The van der Waals surface area contributed by atoms with Gasteiger partial charge in [0.05, 0.1) is 0 Å². The van der Waals surface area contributed by atoms with E-state index in [-0.39, 0.29) is 0 Å². The molecule has 0 aliphatic carbocycles. The first kappa shape index (κ1) is 12.5. The van der Waals surface area contributed by atoms with E-state index in [1.165, 1.54) is 28.3 Å². The topological polar surface area (TPSA) is 24.9 Å². The van der Waals surface area contributed by atoms with Gasteiger partial charge in [-0.05, 0) is 29.5 Å². The maximum Gasteiger partial charge on any atom is 0.0411 e. The molecule has 0 amide bonds. The van der Waals surface area contributed by atoms with E-state index in [9.17, 15) is 0 Å². The molecule has 0 bridgehead atoms. The summed E-state index contributed by atoms with van der Waals surface area (Å²) in [5, 5.41) is 6.20. The normalized spacial score (nSPS) is 21.7.